The topological polar surface area (TPSA) is 29.5 Å². The quantitative estimate of drug-likeness (QED) is 0.633. The smallest absolute Gasteiger partial charge is 0.270 e. The summed E-state index contributed by atoms with van der Waals surface area (Å²) in [6, 6.07) is 29.6. The van der Waals surface area contributed by atoms with Crippen molar-refractivity contribution in [1.82, 2.24) is 4.90 Å². The first kappa shape index (κ1) is 16.4. The third-order valence-corrected chi connectivity index (χ3v) is 4.90. The van der Waals surface area contributed by atoms with Crippen molar-refractivity contribution in [2.24, 2.45) is 0 Å². The fourth-order valence-corrected chi connectivity index (χ4v) is 3.66. The summed E-state index contributed by atoms with van der Waals surface area (Å²) in [5.41, 5.74) is 1.29. The van der Waals surface area contributed by atoms with Crippen molar-refractivity contribution in [3.63, 3.8) is 0 Å². The van der Waals surface area contributed by atoms with Gasteiger partial charge in [-0.3, -0.25) is 4.79 Å². The zero-order valence-corrected chi connectivity index (χ0v) is 14.7. The molecule has 2 unspecified atom stereocenters. The van der Waals surface area contributed by atoms with E-state index in [1.165, 1.54) is 0 Å². The molecule has 1 heterocycles. The molecule has 4 rings (SSSR count). The highest BCUT2D eigenvalue weighted by Gasteiger charge is 2.60. The van der Waals surface area contributed by atoms with Crippen molar-refractivity contribution in [3.05, 3.63) is 102 Å². The molecule has 0 spiro atoms. The van der Waals surface area contributed by atoms with Crippen molar-refractivity contribution in [2.75, 3.05) is 0 Å². The molecule has 0 aliphatic carbocycles. The molecule has 3 aromatic carbocycles. The van der Waals surface area contributed by atoms with E-state index in [4.69, 9.17) is 4.74 Å². The molecule has 0 aromatic heterocycles. The Kier molecular flexibility index (Phi) is 4.21. The highest BCUT2D eigenvalue weighted by atomic mass is 16.5. The SMILES string of the molecule is CC1(Oc2ccccc2)C(=O)N(Cc2ccccc2)C1c1ccccc1. The molecule has 0 N–H and O–H groups in total. The second kappa shape index (κ2) is 6.68. The summed E-state index contributed by atoms with van der Waals surface area (Å²) in [7, 11) is 0. The highest BCUT2D eigenvalue weighted by molar-refractivity contribution is 5.93. The molecule has 1 fully saturated rings. The van der Waals surface area contributed by atoms with Crippen LogP contribution in [-0.4, -0.2) is 16.4 Å². The second-order valence-electron chi connectivity index (χ2n) is 6.75. The maximum Gasteiger partial charge on any atom is 0.270 e. The molecule has 3 heteroatoms. The molecular formula is C23H21NO2. The van der Waals surface area contributed by atoms with E-state index in [-0.39, 0.29) is 11.9 Å². The van der Waals surface area contributed by atoms with Crippen molar-refractivity contribution < 1.29 is 9.53 Å². The predicted molar refractivity (Wildman–Crippen MR) is 102 cm³/mol. The van der Waals surface area contributed by atoms with Crippen LogP contribution in [0.2, 0.25) is 0 Å². The van der Waals surface area contributed by atoms with E-state index >= 15 is 0 Å². The minimum Gasteiger partial charge on any atom is -0.475 e. The molecule has 0 bridgehead atoms. The Morgan fingerprint density at radius 3 is 2.00 bits per heavy atom. The number of hydrogen-bond acceptors (Lipinski definition) is 2. The first-order valence-corrected chi connectivity index (χ1v) is 8.82. The number of hydrogen-bond donors (Lipinski definition) is 0. The van der Waals surface area contributed by atoms with Gasteiger partial charge in [0.25, 0.3) is 5.91 Å². The van der Waals surface area contributed by atoms with Gasteiger partial charge in [0, 0.05) is 6.54 Å². The van der Waals surface area contributed by atoms with Crippen LogP contribution in [0, 0.1) is 0 Å². The minimum atomic E-state index is -0.905. The van der Waals surface area contributed by atoms with Gasteiger partial charge in [0.05, 0.1) is 0 Å². The van der Waals surface area contributed by atoms with Crippen molar-refractivity contribution in [2.45, 2.75) is 25.1 Å². The Morgan fingerprint density at radius 2 is 1.38 bits per heavy atom. The summed E-state index contributed by atoms with van der Waals surface area (Å²) in [6.45, 7) is 2.47. The van der Waals surface area contributed by atoms with Crippen LogP contribution in [-0.2, 0) is 11.3 Å². The van der Waals surface area contributed by atoms with Gasteiger partial charge in [-0.25, -0.2) is 0 Å². The van der Waals surface area contributed by atoms with Gasteiger partial charge in [0.1, 0.15) is 11.8 Å². The normalized spacial score (nSPS) is 22.0. The highest BCUT2D eigenvalue weighted by Crippen LogP contribution is 2.46. The molecule has 3 aromatic rings. The van der Waals surface area contributed by atoms with Gasteiger partial charge < -0.3 is 9.64 Å². The average molecular weight is 343 g/mol. The van der Waals surface area contributed by atoms with Gasteiger partial charge in [-0.05, 0) is 30.2 Å². The fourth-order valence-electron chi connectivity index (χ4n) is 3.66. The van der Waals surface area contributed by atoms with Gasteiger partial charge >= 0.3 is 0 Å². The Bertz CT molecular complexity index is 880. The summed E-state index contributed by atoms with van der Waals surface area (Å²) < 4.78 is 6.19. The van der Waals surface area contributed by atoms with E-state index < -0.39 is 5.60 Å². The molecule has 1 amide bonds. The molecular weight excluding hydrogens is 322 g/mol. The number of amides is 1. The van der Waals surface area contributed by atoms with Gasteiger partial charge in [-0.2, -0.15) is 0 Å². The lowest BCUT2D eigenvalue weighted by molar-refractivity contribution is -0.185. The van der Waals surface area contributed by atoms with Crippen molar-refractivity contribution in [1.29, 1.82) is 0 Å². The maximum atomic E-state index is 13.1. The van der Waals surface area contributed by atoms with Crippen LogP contribution in [0.15, 0.2) is 91.0 Å². The van der Waals surface area contributed by atoms with Crippen LogP contribution in [0.5, 0.6) is 5.75 Å². The molecule has 1 saturated heterocycles. The maximum absolute atomic E-state index is 13.1. The predicted octanol–water partition coefficient (Wildman–Crippen LogP) is 4.61. The Morgan fingerprint density at radius 1 is 0.846 bits per heavy atom. The standard InChI is InChI=1S/C23H21NO2/c1-23(26-20-15-9-4-10-16-20)21(19-13-7-3-8-14-19)24(22(23)25)17-18-11-5-2-6-12-18/h2-16,21H,17H2,1H3. The molecule has 1 aliphatic heterocycles. The monoisotopic (exact) mass is 343 g/mol. The number of rotatable bonds is 5. The van der Waals surface area contributed by atoms with Crippen LogP contribution in [0.3, 0.4) is 0 Å². The molecule has 1 aliphatic rings. The first-order chi connectivity index (χ1) is 12.7. The first-order valence-electron chi connectivity index (χ1n) is 8.82. The zero-order chi connectivity index (χ0) is 18.0. The van der Waals surface area contributed by atoms with Crippen LogP contribution in [0.4, 0.5) is 0 Å². The van der Waals surface area contributed by atoms with Gasteiger partial charge in [0.2, 0.25) is 5.60 Å². The minimum absolute atomic E-state index is 0.0130. The lowest BCUT2D eigenvalue weighted by Crippen LogP contribution is -2.69. The van der Waals surface area contributed by atoms with Gasteiger partial charge in [-0.15, -0.1) is 0 Å². The number of benzene rings is 3. The average Bonchev–Trinajstić information content (AvgIpc) is 2.69. The fraction of sp³-hybridized carbons (Fsp3) is 0.174. The third kappa shape index (κ3) is 2.86. The Labute approximate surface area is 153 Å². The van der Waals surface area contributed by atoms with Crippen LogP contribution < -0.4 is 4.74 Å². The molecule has 130 valence electrons. The number of para-hydroxylation sites is 1. The van der Waals surface area contributed by atoms with Crippen LogP contribution >= 0.6 is 0 Å². The van der Waals surface area contributed by atoms with E-state index in [0.717, 1.165) is 11.1 Å². The number of β-lactam (4-membered cyclic amide) rings is 1. The number of carbonyl (C=O) groups excluding carboxylic acids is 1. The lowest BCUT2D eigenvalue weighted by Gasteiger charge is -2.54. The van der Waals surface area contributed by atoms with E-state index in [1.807, 2.05) is 90.7 Å². The Balaban J connectivity index is 1.66. The Hall–Kier alpha value is -3.07. The summed E-state index contributed by atoms with van der Waals surface area (Å²) in [5.74, 6) is 0.725. The zero-order valence-electron chi connectivity index (χ0n) is 14.7. The van der Waals surface area contributed by atoms with E-state index in [9.17, 15) is 4.79 Å². The third-order valence-electron chi connectivity index (χ3n) is 4.90. The molecule has 0 saturated carbocycles. The largest absolute Gasteiger partial charge is 0.475 e. The van der Waals surface area contributed by atoms with Gasteiger partial charge in [-0.1, -0.05) is 78.9 Å². The summed E-state index contributed by atoms with van der Waals surface area (Å²) >= 11 is 0. The molecule has 3 nitrogen and oxygen atoms in total. The molecule has 26 heavy (non-hydrogen) atoms. The van der Waals surface area contributed by atoms with E-state index in [2.05, 4.69) is 12.1 Å². The van der Waals surface area contributed by atoms with Crippen LogP contribution in [0.25, 0.3) is 0 Å². The summed E-state index contributed by atoms with van der Waals surface area (Å²) in [5, 5.41) is 0. The van der Waals surface area contributed by atoms with E-state index in [1.54, 1.807) is 0 Å². The number of carbonyl (C=O) groups is 1. The lowest BCUT2D eigenvalue weighted by atomic mass is 9.78. The number of nitrogens with zero attached hydrogens (tertiary/aromatic N) is 1. The summed E-state index contributed by atoms with van der Waals surface area (Å²) in [4.78, 5) is 15.0. The summed E-state index contributed by atoms with van der Waals surface area (Å²) in [6.07, 6.45) is 0. The van der Waals surface area contributed by atoms with Crippen molar-refractivity contribution >= 4 is 5.91 Å². The number of ether oxygens (including phenoxy) is 1. The molecule has 2 atom stereocenters. The van der Waals surface area contributed by atoms with Gasteiger partial charge in [0.15, 0.2) is 0 Å². The van der Waals surface area contributed by atoms with Crippen LogP contribution in [0.1, 0.15) is 24.1 Å². The second-order valence-corrected chi connectivity index (χ2v) is 6.75. The van der Waals surface area contributed by atoms with E-state index in [0.29, 0.717) is 12.3 Å². The van der Waals surface area contributed by atoms with Crippen molar-refractivity contribution in [3.8, 4) is 5.75 Å². The molecule has 0 radical (unpaired) electrons. The number of likely N-dealkylation sites (tertiary alicyclic amines) is 1.